The number of amides is 1. The van der Waals surface area contributed by atoms with E-state index in [-0.39, 0.29) is 17.9 Å². The second-order valence-electron chi connectivity index (χ2n) is 7.82. The molecule has 28 heavy (non-hydrogen) atoms. The summed E-state index contributed by atoms with van der Waals surface area (Å²) < 4.78 is 8.16. The van der Waals surface area contributed by atoms with Crippen LogP contribution < -0.4 is 5.32 Å². The first-order valence-corrected chi connectivity index (χ1v) is 9.70. The van der Waals surface area contributed by atoms with E-state index in [0.717, 1.165) is 11.3 Å². The van der Waals surface area contributed by atoms with Crippen LogP contribution in [0.15, 0.2) is 36.5 Å². The summed E-state index contributed by atoms with van der Waals surface area (Å²) in [4.78, 5) is 15.2. The molecule has 2 aliphatic rings. The third-order valence-electron chi connectivity index (χ3n) is 5.60. The van der Waals surface area contributed by atoms with Crippen LogP contribution in [0.5, 0.6) is 0 Å². The van der Waals surface area contributed by atoms with E-state index in [9.17, 15) is 4.79 Å². The molecule has 4 rings (SSSR count). The molecule has 1 N–H and O–H groups in total. The highest BCUT2D eigenvalue weighted by atomic mass is 16.5. The summed E-state index contributed by atoms with van der Waals surface area (Å²) in [5.41, 5.74) is 1.83. The van der Waals surface area contributed by atoms with Gasteiger partial charge in [-0.05, 0) is 37.6 Å². The standard InChI is InChI=1S/C21H25N5O2/c1-15(2)26-19(6-7-24-26)18-13-25(12-17-5-3-4-16(10-17)11-22)14-21(18)20(27)23-8-9-28-21/h3-7,10,15,18H,8-9,12-14H2,1-2H3,(H,23,27). The Morgan fingerprint density at radius 1 is 1.43 bits per heavy atom. The number of likely N-dealkylation sites (tertiary alicyclic amines) is 1. The fourth-order valence-electron chi connectivity index (χ4n) is 4.38. The van der Waals surface area contributed by atoms with Crippen molar-refractivity contribution < 1.29 is 9.53 Å². The molecule has 1 aromatic carbocycles. The first-order valence-electron chi connectivity index (χ1n) is 9.70. The average Bonchev–Trinajstić information content (AvgIpc) is 3.30. The van der Waals surface area contributed by atoms with Crippen molar-refractivity contribution in [2.45, 2.75) is 38.0 Å². The molecule has 2 aliphatic heterocycles. The normalized spacial score (nSPS) is 25.2. The van der Waals surface area contributed by atoms with Crippen LogP contribution >= 0.6 is 0 Å². The third-order valence-corrected chi connectivity index (χ3v) is 5.60. The molecule has 3 heterocycles. The molecule has 146 valence electrons. The molecular weight excluding hydrogens is 354 g/mol. The zero-order valence-corrected chi connectivity index (χ0v) is 16.3. The van der Waals surface area contributed by atoms with Gasteiger partial charge in [0, 0.05) is 44.1 Å². The molecule has 2 atom stereocenters. The number of nitrogens with one attached hydrogen (secondary N) is 1. The fourth-order valence-corrected chi connectivity index (χ4v) is 4.38. The van der Waals surface area contributed by atoms with Gasteiger partial charge in [-0.25, -0.2) is 0 Å². The lowest BCUT2D eigenvalue weighted by molar-refractivity contribution is -0.155. The first-order chi connectivity index (χ1) is 13.5. The maximum atomic E-state index is 13.0. The number of nitrogens with zero attached hydrogens (tertiary/aromatic N) is 4. The van der Waals surface area contributed by atoms with Gasteiger partial charge in [0.1, 0.15) is 0 Å². The quantitative estimate of drug-likeness (QED) is 0.876. The molecule has 1 amide bonds. The zero-order valence-electron chi connectivity index (χ0n) is 16.3. The van der Waals surface area contributed by atoms with Gasteiger partial charge in [0.05, 0.1) is 24.2 Å². The number of morpholine rings is 1. The number of carbonyl (C=O) groups is 1. The van der Waals surface area contributed by atoms with Crippen molar-refractivity contribution in [1.82, 2.24) is 20.0 Å². The predicted molar refractivity (Wildman–Crippen MR) is 103 cm³/mol. The molecule has 2 saturated heterocycles. The highest BCUT2D eigenvalue weighted by Crippen LogP contribution is 2.41. The summed E-state index contributed by atoms with van der Waals surface area (Å²) in [6.45, 7) is 7.11. The highest BCUT2D eigenvalue weighted by Gasteiger charge is 2.56. The Hall–Kier alpha value is -2.69. The number of ether oxygens (including phenoxy) is 1. The van der Waals surface area contributed by atoms with Gasteiger partial charge in [0.2, 0.25) is 0 Å². The van der Waals surface area contributed by atoms with Crippen molar-refractivity contribution in [3.8, 4) is 6.07 Å². The van der Waals surface area contributed by atoms with E-state index in [0.29, 0.717) is 38.3 Å². The Morgan fingerprint density at radius 3 is 3.04 bits per heavy atom. The minimum atomic E-state index is -0.905. The summed E-state index contributed by atoms with van der Waals surface area (Å²) >= 11 is 0. The number of nitriles is 1. The van der Waals surface area contributed by atoms with Crippen molar-refractivity contribution in [2.24, 2.45) is 0 Å². The minimum Gasteiger partial charge on any atom is -0.361 e. The van der Waals surface area contributed by atoms with Gasteiger partial charge in [0.15, 0.2) is 5.60 Å². The van der Waals surface area contributed by atoms with E-state index in [4.69, 9.17) is 10.00 Å². The van der Waals surface area contributed by atoms with Crippen molar-refractivity contribution in [1.29, 1.82) is 5.26 Å². The second-order valence-corrected chi connectivity index (χ2v) is 7.82. The molecule has 0 radical (unpaired) electrons. The predicted octanol–water partition coefficient (Wildman–Crippen LogP) is 1.82. The van der Waals surface area contributed by atoms with E-state index in [1.807, 2.05) is 28.9 Å². The van der Waals surface area contributed by atoms with Crippen molar-refractivity contribution in [3.05, 3.63) is 53.3 Å². The maximum absolute atomic E-state index is 13.0. The molecule has 0 saturated carbocycles. The van der Waals surface area contributed by atoms with Crippen LogP contribution in [0.2, 0.25) is 0 Å². The molecule has 1 spiro atoms. The molecule has 7 nitrogen and oxygen atoms in total. The number of hydrogen-bond donors (Lipinski definition) is 1. The lowest BCUT2D eigenvalue weighted by Crippen LogP contribution is -2.59. The van der Waals surface area contributed by atoms with Crippen LogP contribution in [0.1, 0.15) is 42.6 Å². The van der Waals surface area contributed by atoms with E-state index < -0.39 is 5.60 Å². The monoisotopic (exact) mass is 379 g/mol. The van der Waals surface area contributed by atoms with Crippen molar-refractivity contribution in [2.75, 3.05) is 26.2 Å². The second kappa shape index (κ2) is 7.38. The molecule has 0 bridgehead atoms. The number of rotatable bonds is 4. The SMILES string of the molecule is CC(C)n1nccc1C1CN(Cc2cccc(C#N)c2)CC12OCCNC2=O. The van der Waals surface area contributed by atoms with Crippen LogP contribution in [0.25, 0.3) is 0 Å². The van der Waals surface area contributed by atoms with Crippen molar-refractivity contribution in [3.63, 3.8) is 0 Å². The van der Waals surface area contributed by atoms with E-state index in [1.54, 1.807) is 12.3 Å². The maximum Gasteiger partial charge on any atom is 0.254 e. The number of aromatic nitrogens is 2. The smallest absolute Gasteiger partial charge is 0.254 e. The van der Waals surface area contributed by atoms with E-state index >= 15 is 0 Å². The van der Waals surface area contributed by atoms with Gasteiger partial charge in [-0.1, -0.05) is 12.1 Å². The Bertz CT molecular complexity index is 916. The number of benzene rings is 1. The van der Waals surface area contributed by atoms with Gasteiger partial charge >= 0.3 is 0 Å². The van der Waals surface area contributed by atoms with Gasteiger partial charge in [-0.2, -0.15) is 10.4 Å². The first kappa shape index (κ1) is 18.7. The molecule has 0 aliphatic carbocycles. The lowest BCUT2D eigenvalue weighted by atomic mass is 9.86. The Balaban J connectivity index is 1.66. The van der Waals surface area contributed by atoms with Crippen LogP contribution in [-0.4, -0.2) is 52.4 Å². The number of hydrogen-bond acceptors (Lipinski definition) is 5. The Labute approximate surface area is 164 Å². The van der Waals surface area contributed by atoms with Crippen LogP contribution in [-0.2, 0) is 16.1 Å². The van der Waals surface area contributed by atoms with Gasteiger partial charge in [-0.15, -0.1) is 0 Å². The Morgan fingerprint density at radius 2 is 2.29 bits per heavy atom. The zero-order chi connectivity index (χ0) is 19.7. The molecular formula is C21H25N5O2. The topological polar surface area (TPSA) is 83.2 Å². The molecule has 2 fully saturated rings. The number of carbonyl (C=O) groups excluding carboxylic acids is 1. The van der Waals surface area contributed by atoms with Gasteiger partial charge in [-0.3, -0.25) is 14.4 Å². The summed E-state index contributed by atoms with van der Waals surface area (Å²) in [5.74, 6) is -0.148. The van der Waals surface area contributed by atoms with E-state index in [2.05, 4.69) is 35.2 Å². The Kier molecular flexibility index (Phi) is 4.92. The van der Waals surface area contributed by atoms with Gasteiger partial charge in [0.25, 0.3) is 5.91 Å². The summed E-state index contributed by atoms with van der Waals surface area (Å²) in [7, 11) is 0. The average molecular weight is 379 g/mol. The fraction of sp³-hybridized carbons (Fsp3) is 0.476. The van der Waals surface area contributed by atoms with Crippen LogP contribution in [0.4, 0.5) is 0 Å². The van der Waals surface area contributed by atoms with Gasteiger partial charge < -0.3 is 10.1 Å². The lowest BCUT2D eigenvalue weighted by Gasteiger charge is -2.37. The molecule has 2 aromatic rings. The van der Waals surface area contributed by atoms with Crippen LogP contribution in [0, 0.1) is 11.3 Å². The summed E-state index contributed by atoms with van der Waals surface area (Å²) in [6, 6.07) is 12.0. The molecule has 1 aromatic heterocycles. The minimum absolute atomic E-state index is 0.0477. The molecule has 7 heteroatoms. The van der Waals surface area contributed by atoms with Crippen LogP contribution in [0.3, 0.4) is 0 Å². The summed E-state index contributed by atoms with van der Waals surface area (Å²) in [5, 5.41) is 16.6. The van der Waals surface area contributed by atoms with E-state index in [1.165, 1.54) is 0 Å². The highest BCUT2D eigenvalue weighted by molar-refractivity contribution is 5.88. The third kappa shape index (κ3) is 3.19. The summed E-state index contributed by atoms with van der Waals surface area (Å²) in [6.07, 6.45) is 1.79. The largest absolute Gasteiger partial charge is 0.361 e. The molecule has 2 unspecified atom stereocenters. The van der Waals surface area contributed by atoms with Crippen molar-refractivity contribution >= 4 is 5.91 Å².